The van der Waals surface area contributed by atoms with E-state index in [1.54, 1.807) is 34.0 Å². The molecule has 0 aromatic carbocycles. The van der Waals surface area contributed by atoms with E-state index in [4.69, 9.17) is 0 Å². The highest BCUT2D eigenvalue weighted by atomic mass is 32.1. The van der Waals surface area contributed by atoms with Gasteiger partial charge in [-0.2, -0.15) is 29.6 Å². The summed E-state index contributed by atoms with van der Waals surface area (Å²) in [4.78, 5) is 26.7. The van der Waals surface area contributed by atoms with Crippen molar-refractivity contribution in [3.63, 3.8) is 0 Å². The van der Waals surface area contributed by atoms with Crippen molar-refractivity contribution in [1.29, 1.82) is 0 Å². The quantitative estimate of drug-likeness (QED) is 0.877. The standard InChI is InChI=1S/C16H17F3N4O2S/c17-16(18,19)11-20-14(25)15(23-6-1-5-21-23)3-7-22(8-4-15)13(24)12-2-9-26-10-12/h1-2,5-6,9-10H,3-4,7-8,11H2,(H,20,25). The van der Waals surface area contributed by atoms with Gasteiger partial charge in [-0.15, -0.1) is 0 Å². The van der Waals surface area contributed by atoms with Crippen LogP contribution < -0.4 is 5.32 Å². The van der Waals surface area contributed by atoms with Crippen LogP contribution in [-0.4, -0.2) is 52.3 Å². The summed E-state index contributed by atoms with van der Waals surface area (Å²) in [6.07, 6.45) is -1.08. The Morgan fingerprint density at radius 1 is 1.31 bits per heavy atom. The minimum atomic E-state index is -4.49. The van der Waals surface area contributed by atoms with Gasteiger partial charge in [0.2, 0.25) is 5.91 Å². The Morgan fingerprint density at radius 2 is 2.04 bits per heavy atom. The summed E-state index contributed by atoms with van der Waals surface area (Å²) in [6.45, 7) is -0.881. The second-order valence-electron chi connectivity index (χ2n) is 6.08. The van der Waals surface area contributed by atoms with Gasteiger partial charge in [0, 0.05) is 30.9 Å². The zero-order valence-electron chi connectivity index (χ0n) is 13.7. The van der Waals surface area contributed by atoms with Crippen molar-refractivity contribution in [2.24, 2.45) is 0 Å². The lowest BCUT2D eigenvalue weighted by atomic mass is 9.86. The Morgan fingerprint density at radius 3 is 2.58 bits per heavy atom. The van der Waals surface area contributed by atoms with Gasteiger partial charge >= 0.3 is 6.18 Å². The summed E-state index contributed by atoms with van der Waals surface area (Å²) in [7, 11) is 0. The third-order valence-electron chi connectivity index (χ3n) is 4.46. The number of thiophene rings is 1. The lowest BCUT2D eigenvalue weighted by Gasteiger charge is -2.40. The highest BCUT2D eigenvalue weighted by Crippen LogP contribution is 2.31. The van der Waals surface area contributed by atoms with E-state index in [-0.39, 0.29) is 31.8 Å². The number of halogens is 3. The molecule has 0 saturated carbocycles. The monoisotopic (exact) mass is 386 g/mol. The molecule has 0 bridgehead atoms. The first-order valence-corrected chi connectivity index (χ1v) is 8.93. The van der Waals surface area contributed by atoms with Crippen molar-refractivity contribution in [3.8, 4) is 0 Å². The summed E-state index contributed by atoms with van der Waals surface area (Å²) in [6, 6.07) is 3.33. The molecule has 3 rings (SSSR count). The molecule has 2 amide bonds. The number of nitrogens with one attached hydrogen (secondary N) is 1. The molecule has 0 aliphatic carbocycles. The fourth-order valence-corrected chi connectivity index (χ4v) is 3.71. The third kappa shape index (κ3) is 3.74. The number of amides is 2. The lowest BCUT2D eigenvalue weighted by Crippen LogP contribution is -2.57. The minimum Gasteiger partial charge on any atom is -0.345 e. The van der Waals surface area contributed by atoms with E-state index in [9.17, 15) is 22.8 Å². The lowest BCUT2D eigenvalue weighted by molar-refractivity contribution is -0.146. The summed E-state index contributed by atoms with van der Waals surface area (Å²) in [5, 5.41) is 9.58. The van der Waals surface area contributed by atoms with E-state index in [1.807, 2.05) is 5.32 Å². The molecule has 26 heavy (non-hydrogen) atoms. The van der Waals surface area contributed by atoms with E-state index in [2.05, 4.69) is 5.10 Å². The molecule has 1 aliphatic heterocycles. The molecule has 140 valence electrons. The Bertz CT molecular complexity index is 751. The average molecular weight is 386 g/mol. The van der Waals surface area contributed by atoms with Crippen molar-refractivity contribution in [3.05, 3.63) is 40.8 Å². The van der Waals surface area contributed by atoms with Crippen LogP contribution in [0.15, 0.2) is 35.3 Å². The van der Waals surface area contributed by atoms with Crippen molar-refractivity contribution in [1.82, 2.24) is 20.0 Å². The first-order chi connectivity index (χ1) is 12.3. The van der Waals surface area contributed by atoms with Crippen molar-refractivity contribution in [2.75, 3.05) is 19.6 Å². The van der Waals surface area contributed by atoms with Gasteiger partial charge in [0.1, 0.15) is 12.1 Å². The first kappa shape index (κ1) is 18.4. The van der Waals surface area contributed by atoms with E-state index in [0.29, 0.717) is 5.56 Å². The molecule has 2 aromatic rings. The number of piperidine rings is 1. The molecule has 1 N–H and O–H groups in total. The molecule has 0 atom stereocenters. The summed E-state index contributed by atoms with van der Waals surface area (Å²) in [5.74, 6) is -0.878. The van der Waals surface area contributed by atoms with Crippen LogP contribution in [0.4, 0.5) is 13.2 Å². The zero-order chi connectivity index (χ0) is 18.8. The zero-order valence-corrected chi connectivity index (χ0v) is 14.5. The van der Waals surface area contributed by atoms with E-state index in [0.717, 1.165) is 0 Å². The molecule has 2 aromatic heterocycles. The summed E-state index contributed by atoms with van der Waals surface area (Å²) in [5.41, 5.74) is -0.664. The predicted molar refractivity (Wildman–Crippen MR) is 88.7 cm³/mol. The van der Waals surface area contributed by atoms with Gasteiger partial charge in [0.25, 0.3) is 5.91 Å². The van der Waals surface area contributed by atoms with Crippen LogP contribution in [-0.2, 0) is 10.3 Å². The molecule has 3 heterocycles. The molecule has 0 radical (unpaired) electrons. The van der Waals surface area contributed by atoms with Crippen molar-refractivity contribution < 1.29 is 22.8 Å². The number of carbonyl (C=O) groups excluding carboxylic acids is 2. The number of aromatic nitrogens is 2. The Labute approximate surface area is 151 Å². The maximum Gasteiger partial charge on any atom is 0.405 e. The molecular weight excluding hydrogens is 369 g/mol. The highest BCUT2D eigenvalue weighted by molar-refractivity contribution is 7.08. The van der Waals surface area contributed by atoms with Crippen LogP contribution in [0, 0.1) is 0 Å². The first-order valence-electron chi connectivity index (χ1n) is 7.98. The molecule has 1 fully saturated rings. The molecular formula is C16H17F3N4O2S. The fraction of sp³-hybridized carbons (Fsp3) is 0.438. The molecule has 0 unspecified atom stereocenters. The SMILES string of the molecule is O=C(c1ccsc1)N1CCC(C(=O)NCC(F)(F)F)(n2cccn2)CC1. The number of hydrogen-bond acceptors (Lipinski definition) is 4. The van der Waals surface area contributed by atoms with E-state index >= 15 is 0 Å². The predicted octanol–water partition coefficient (Wildman–Crippen LogP) is 2.25. The second kappa shape index (κ2) is 7.10. The van der Waals surface area contributed by atoms with Gasteiger partial charge < -0.3 is 10.2 Å². The van der Waals surface area contributed by atoms with E-state index < -0.39 is 24.2 Å². The smallest absolute Gasteiger partial charge is 0.345 e. The van der Waals surface area contributed by atoms with Crippen molar-refractivity contribution in [2.45, 2.75) is 24.6 Å². The average Bonchev–Trinajstić information content (AvgIpc) is 3.31. The number of carbonyl (C=O) groups is 2. The van der Waals surface area contributed by atoms with Gasteiger partial charge in [0.15, 0.2) is 0 Å². The molecule has 10 heteroatoms. The summed E-state index contributed by atoms with van der Waals surface area (Å²) >= 11 is 1.41. The van der Waals surface area contributed by atoms with Gasteiger partial charge in [-0.3, -0.25) is 14.3 Å². The maximum absolute atomic E-state index is 12.6. The normalized spacial score (nSPS) is 17.1. The van der Waals surface area contributed by atoms with Gasteiger partial charge in [0.05, 0.1) is 5.56 Å². The van der Waals surface area contributed by atoms with Gasteiger partial charge in [-0.25, -0.2) is 0 Å². The van der Waals surface area contributed by atoms with Crippen LogP contribution >= 0.6 is 11.3 Å². The van der Waals surface area contributed by atoms with Crippen LogP contribution in [0.1, 0.15) is 23.2 Å². The molecule has 6 nitrogen and oxygen atoms in total. The molecule has 1 aliphatic rings. The van der Waals surface area contributed by atoms with Gasteiger partial charge in [-0.1, -0.05) is 0 Å². The summed E-state index contributed by atoms with van der Waals surface area (Å²) < 4.78 is 38.9. The highest BCUT2D eigenvalue weighted by Gasteiger charge is 2.45. The number of likely N-dealkylation sites (tertiary alicyclic amines) is 1. The molecule has 0 spiro atoms. The maximum atomic E-state index is 12.6. The fourth-order valence-electron chi connectivity index (χ4n) is 3.08. The second-order valence-corrected chi connectivity index (χ2v) is 6.86. The van der Waals surface area contributed by atoms with Gasteiger partial charge in [-0.05, 0) is 30.4 Å². The van der Waals surface area contributed by atoms with Crippen LogP contribution in [0.25, 0.3) is 0 Å². The van der Waals surface area contributed by atoms with Crippen LogP contribution in [0.2, 0.25) is 0 Å². The molecule has 1 saturated heterocycles. The Balaban J connectivity index is 1.75. The number of alkyl halides is 3. The van der Waals surface area contributed by atoms with Crippen LogP contribution in [0.5, 0.6) is 0 Å². The van der Waals surface area contributed by atoms with Crippen LogP contribution in [0.3, 0.4) is 0 Å². The Hall–Kier alpha value is -2.36. The largest absolute Gasteiger partial charge is 0.405 e. The Kier molecular flexibility index (Phi) is 5.03. The third-order valence-corrected chi connectivity index (χ3v) is 5.14. The number of nitrogens with zero attached hydrogens (tertiary/aromatic N) is 3. The van der Waals surface area contributed by atoms with Crippen molar-refractivity contribution >= 4 is 23.2 Å². The number of rotatable bonds is 4. The minimum absolute atomic E-state index is 0.143. The topological polar surface area (TPSA) is 67.2 Å². The van der Waals surface area contributed by atoms with E-state index in [1.165, 1.54) is 22.2 Å². The number of hydrogen-bond donors (Lipinski definition) is 1.